The smallest absolute Gasteiger partial charge is 0.254 e. The molecule has 170 valence electrons. The van der Waals surface area contributed by atoms with Crippen molar-refractivity contribution in [3.8, 4) is 5.75 Å². The van der Waals surface area contributed by atoms with E-state index >= 15 is 0 Å². The Kier molecular flexibility index (Phi) is 7.00. The predicted octanol–water partition coefficient (Wildman–Crippen LogP) is 3.54. The predicted molar refractivity (Wildman–Crippen MR) is 127 cm³/mol. The summed E-state index contributed by atoms with van der Waals surface area (Å²) in [5, 5.41) is 3.06. The van der Waals surface area contributed by atoms with Gasteiger partial charge in [0.05, 0.1) is 12.8 Å². The quantitative estimate of drug-likeness (QED) is 0.630. The van der Waals surface area contributed by atoms with Gasteiger partial charge in [-0.1, -0.05) is 36.4 Å². The molecule has 2 amide bonds. The third-order valence-corrected chi connectivity index (χ3v) is 5.87. The van der Waals surface area contributed by atoms with Crippen molar-refractivity contribution in [3.05, 3.63) is 89.7 Å². The van der Waals surface area contributed by atoms with Gasteiger partial charge >= 0.3 is 0 Å². The molecule has 33 heavy (non-hydrogen) atoms. The lowest BCUT2D eigenvalue weighted by molar-refractivity contribution is -0.122. The molecule has 0 bridgehead atoms. The van der Waals surface area contributed by atoms with E-state index in [0.717, 1.165) is 11.1 Å². The van der Waals surface area contributed by atoms with Gasteiger partial charge < -0.3 is 15.0 Å². The highest BCUT2D eigenvalue weighted by Gasteiger charge is 2.32. The number of hydrogen-bond acceptors (Lipinski definition) is 5. The van der Waals surface area contributed by atoms with E-state index in [-0.39, 0.29) is 11.8 Å². The number of carbonyl (C=O) groups excluding carboxylic acids is 2. The van der Waals surface area contributed by atoms with Crippen LogP contribution in [0.4, 0.5) is 5.69 Å². The summed E-state index contributed by atoms with van der Waals surface area (Å²) in [5.74, 6) is 0.481. The van der Waals surface area contributed by atoms with Crippen LogP contribution < -0.4 is 10.1 Å². The molecule has 4 rings (SSSR count). The van der Waals surface area contributed by atoms with Crippen LogP contribution >= 0.6 is 0 Å². The van der Waals surface area contributed by atoms with Crippen molar-refractivity contribution in [1.82, 2.24) is 14.8 Å². The normalized spacial score (nSPS) is 15.0. The molecule has 1 aromatic heterocycles. The Morgan fingerprint density at radius 3 is 2.33 bits per heavy atom. The number of aryl methyl sites for hydroxylation is 1. The molecule has 7 heteroatoms. The number of anilines is 1. The summed E-state index contributed by atoms with van der Waals surface area (Å²) < 4.78 is 5.44. The van der Waals surface area contributed by atoms with E-state index in [9.17, 15) is 9.59 Å². The van der Waals surface area contributed by atoms with Crippen LogP contribution in [0.5, 0.6) is 5.75 Å². The second kappa shape index (κ2) is 10.3. The minimum absolute atomic E-state index is 0.0118. The Balaban J connectivity index is 1.52. The van der Waals surface area contributed by atoms with Gasteiger partial charge in [0, 0.05) is 44.1 Å². The number of rotatable bonds is 6. The zero-order valence-corrected chi connectivity index (χ0v) is 18.9. The molecule has 1 atom stereocenters. The zero-order chi connectivity index (χ0) is 23.2. The van der Waals surface area contributed by atoms with Crippen LogP contribution in [0.2, 0.25) is 0 Å². The van der Waals surface area contributed by atoms with Crippen LogP contribution in [0.1, 0.15) is 27.5 Å². The van der Waals surface area contributed by atoms with Gasteiger partial charge in [-0.3, -0.25) is 19.5 Å². The molecule has 0 radical (unpaired) electrons. The van der Waals surface area contributed by atoms with Crippen LogP contribution in [-0.4, -0.2) is 59.9 Å². The average Bonchev–Trinajstić information content (AvgIpc) is 2.85. The molecule has 2 heterocycles. The number of benzene rings is 2. The summed E-state index contributed by atoms with van der Waals surface area (Å²) in [5.41, 5.74) is 3.22. The van der Waals surface area contributed by atoms with Gasteiger partial charge in [0.25, 0.3) is 5.91 Å². The van der Waals surface area contributed by atoms with Crippen molar-refractivity contribution in [3.63, 3.8) is 0 Å². The van der Waals surface area contributed by atoms with Crippen molar-refractivity contribution in [2.45, 2.75) is 13.0 Å². The Morgan fingerprint density at radius 2 is 1.67 bits per heavy atom. The second-order valence-electron chi connectivity index (χ2n) is 8.07. The first-order valence-electron chi connectivity index (χ1n) is 11.0. The minimum Gasteiger partial charge on any atom is -0.495 e. The van der Waals surface area contributed by atoms with E-state index in [0.29, 0.717) is 43.2 Å². The van der Waals surface area contributed by atoms with Crippen LogP contribution in [0, 0.1) is 6.92 Å². The lowest BCUT2D eigenvalue weighted by atomic mass is 10.0. The fraction of sp³-hybridized carbons (Fsp3) is 0.269. The fourth-order valence-corrected chi connectivity index (χ4v) is 4.14. The fourth-order valence-electron chi connectivity index (χ4n) is 4.14. The monoisotopic (exact) mass is 444 g/mol. The van der Waals surface area contributed by atoms with E-state index in [1.54, 1.807) is 31.6 Å². The average molecular weight is 445 g/mol. The molecule has 1 N–H and O–H groups in total. The molecule has 0 aliphatic carbocycles. The number of nitrogens with zero attached hydrogens (tertiary/aromatic N) is 3. The maximum absolute atomic E-state index is 13.5. The first kappa shape index (κ1) is 22.5. The number of amides is 2. The number of methoxy groups -OCH3 is 1. The summed E-state index contributed by atoms with van der Waals surface area (Å²) in [6.07, 6.45) is 3.25. The Labute approximate surface area is 194 Å². The third kappa shape index (κ3) is 5.21. The topological polar surface area (TPSA) is 74.8 Å². The number of nitrogens with one attached hydrogen (secondary N) is 1. The maximum Gasteiger partial charge on any atom is 0.254 e. The molecule has 1 aliphatic rings. The molecule has 2 aromatic carbocycles. The molecule has 7 nitrogen and oxygen atoms in total. The van der Waals surface area contributed by atoms with E-state index in [2.05, 4.69) is 15.2 Å². The number of piperazine rings is 1. The lowest BCUT2D eigenvalue weighted by Crippen LogP contribution is -2.51. The van der Waals surface area contributed by atoms with Gasteiger partial charge in [-0.15, -0.1) is 0 Å². The number of ether oxygens (including phenoxy) is 1. The van der Waals surface area contributed by atoms with Crippen molar-refractivity contribution in [2.24, 2.45) is 0 Å². The van der Waals surface area contributed by atoms with Gasteiger partial charge in [-0.25, -0.2) is 0 Å². The molecule has 3 aromatic rings. The SMILES string of the molecule is COc1ccc(C)cc1NC(=O)C(c1ccccc1)N1CCN(C(=O)c2ccncc2)CC1. The van der Waals surface area contributed by atoms with Crippen LogP contribution in [0.3, 0.4) is 0 Å². The number of pyridine rings is 1. The van der Waals surface area contributed by atoms with Gasteiger partial charge in [0.15, 0.2) is 0 Å². The third-order valence-electron chi connectivity index (χ3n) is 5.87. The van der Waals surface area contributed by atoms with Crippen molar-refractivity contribution in [1.29, 1.82) is 0 Å². The zero-order valence-electron chi connectivity index (χ0n) is 18.9. The summed E-state index contributed by atoms with van der Waals surface area (Å²) >= 11 is 0. The second-order valence-corrected chi connectivity index (χ2v) is 8.07. The number of hydrogen-bond donors (Lipinski definition) is 1. The highest BCUT2D eigenvalue weighted by atomic mass is 16.5. The summed E-state index contributed by atoms with van der Waals surface area (Å²) in [6, 6.07) is 18.4. The molecule has 1 saturated heterocycles. The van der Waals surface area contributed by atoms with Crippen molar-refractivity contribution in [2.75, 3.05) is 38.6 Å². The maximum atomic E-state index is 13.5. The minimum atomic E-state index is -0.477. The standard InChI is InChI=1S/C26H28N4O3/c1-19-8-9-23(33-2)22(18-19)28-25(31)24(20-6-4-3-5-7-20)29-14-16-30(17-15-29)26(32)21-10-12-27-13-11-21/h3-13,18,24H,14-17H2,1-2H3,(H,28,31). The summed E-state index contributed by atoms with van der Waals surface area (Å²) in [7, 11) is 1.59. The highest BCUT2D eigenvalue weighted by molar-refractivity contribution is 5.97. The first-order valence-corrected chi connectivity index (χ1v) is 11.0. The highest BCUT2D eigenvalue weighted by Crippen LogP contribution is 2.29. The molecule has 1 aliphatic heterocycles. The molecule has 0 spiro atoms. The molecular formula is C26H28N4O3. The van der Waals surface area contributed by atoms with Gasteiger partial charge in [0.2, 0.25) is 5.91 Å². The van der Waals surface area contributed by atoms with Gasteiger partial charge in [-0.05, 0) is 42.3 Å². The van der Waals surface area contributed by atoms with Gasteiger partial charge in [-0.2, -0.15) is 0 Å². The van der Waals surface area contributed by atoms with E-state index < -0.39 is 6.04 Å². The molecule has 1 unspecified atom stereocenters. The van der Waals surface area contributed by atoms with E-state index in [1.165, 1.54) is 0 Å². The van der Waals surface area contributed by atoms with Crippen molar-refractivity contribution >= 4 is 17.5 Å². The Bertz CT molecular complexity index is 1100. The number of carbonyl (C=O) groups is 2. The van der Waals surface area contributed by atoms with Gasteiger partial charge in [0.1, 0.15) is 11.8 Å². The first-order chi connectivity index (χ1) is 16.1. The van der Waals surface area contributed by atoms with Crippen LogP contribution in [-0.2, 0) is 4.79 Å². The van der Waals surface area contributed by atoms with E-state index in [1.807, 2.05) is 60.4 Å². The summed E-state index contributed by atoms with van der Waals surface area (Å²) in [6.45, 7) is 4.25. The lowest BCUT2D eigenvalue weighted by Gasteiger charge is -2.38. The van der Waals surface area contributed by atoms with Crippen LogP contribution in [0.15, 0.2) is 73.1 Å². The Morgan fingerprint density at radius 1 is 0.970 bits per heavy atom. The number of aromatic nitrogens is 1. The Hall–Kier alpha value is -3.71. The molecular weight excluding hydrogens is 416 g/mol. The van der Waals surface area contributed by atoms with E-state index in [4.69, 9.17) is 4.74 Å². The summed E-state index contributed by atoms with van der Waals surface area (Å²) in [4.78, 5) is 34.3. The molecule has 0 saturated carbocycles. The molecule has 1 fully saturated rings. The van der Waals surface area contributed by atoms with Crippen LogP contribution in [0.25, 0.3) is 0 Å². The largest absolute Gasteiger partial charge is 0.495 e. The van der Waals surface area contributed by atoms with Crippen molar-refractivity contribution < 1.29 is 14.3 Å².